The minimum atomic E-state index is -0.126. The minimum absolute atomic E-state index is 0.0146. The zero-order valence-corrected chi connectivity index (χ0v) is 9.58. The fourth-order valence-corrected chi connectivity index (χ4v) is 2.42. The number of hydrogen-bond acceptors (Lipinski definition) is 6. The SMILES string of the molecule is COC(=O)C1CCN(c2nc(C)ns2)C1. The Hall–Kier alpha value is -1.17. The predicted octanol–water partition coefficient (Wildman–Crippen LogP) is 0.846. The zero-order valence-electron chi connectivity index (χ0n) is 8.77. The molecule has 0 amide bonds. The molecule has 1 aromatic rings. The summed E-state index contributed by atoms with van der Waals surface area (Å²) in [5.74, 6) is 0.648. The molecule has 1 fully saturated rings. The van der Waals surface area contributed by atoms with Crippen molar-refractivity contribution in [1.82, 2.24) is 9.36 Å². The largest absolute Gasteiger partial charge is 0.469 e. The van der Waals surface area contributed by atoms with Crippen LogP contribution in [0.25, 0.3) is 0 Å². The van der Waals surface area contributed by atoms with Crippen LogP contribution >= 0.6 is 11.5 Å². The summed E-state index contributed by atoms with van der Waals surface area (Å²) >= 11 is 1.38. The smallest absolute Gasteiger partial charge is 0.310 e. The molecule has 1 aliphatic heterocycles. The molecule has 0 radical (unpaired) electrons. The Morgan fingerprint density at radius 3 is 3.07 bits per heavy atom. The van der Waals surface area contributed by atoms with Crippen LogP contribution in [0.3, 0.4) is 0 Å². The van der Waals surface area contributed by atoms with E-state index in [0.29, 0.717) is 6.54 Å². The molecule has 1 unspecified atom stereocenters. The highest BCUT2D eigenvalue weighted by atomic mass is 32.1. The topological polar surface area (TPSA) is 55.3 Å². The standard InChI is InChI=1S/C9H13N3O2S/c1-6-10-9(15-11-6)12-4-3-7(5-12)8(13)14-2/h7H,3-5H2,1-2H3. The molecule has 1 atom stereocenters. The van der Waals surface area contributed by atoms with Crippen LogP contribution in [0.2, 0.25) is 0 Å². The molecule has 0 spiro atoms. The van der Waals surface area contributed by atoms with Crippen LogP contribution in [-0.4, -0.2) is 35.5 Å². The Bertz CT molecular complexity index is 366. The highest BCUT2D eigenvalue weighted by Gasteiger charge is 2.30. The van der Waals surface area contributed by atoms with Gasteiger partial charge in [-0.1, -0.05) is 0 Å². The van der Waals surface area contributed by atoms with E-state index in [0.717, 1.165) is 23.9 Å². The van der Waals surface area contributed by atoms with E-state index in [1.54, 1.807) is 0 Å². The van der Waals surface area contributed by atoms with Gasteiger partial charge in [0.1, 0.15) is 5.82 Å². The minimum Gasteiger partial charge on any atom is -0.469 e. The Labute approximate surface area is 92.2 Å². The number of ether oxygens (including phenoxy) is 1. The van der Waals surface area contributed by atoms with E-state index in [-0.39, 0.29) is 11.9 Å². The number of aryl methyl sites for hydroxylation is 1. The van der Waals surface area contributed by atoms with Gasteiger partial charge in [0.05, 0.1) is 13.0 Å². The average Bonchev–Trinajstić information content (AvgIpc) is 2.84. The quantitative estimate of drug-likeness (QED) is 0.701. The van der Waals surface area contributed by atoms with Gasteiger partial charge < -0.3 is 9.64 Å². The molecule has 0 aliphatic carbocycles. The first-order valence-corrected chi connectivity index (χ1v) is 5.61. The average molecular weight is 227 g/mol. The van der Waals surface area contributed by atoms with Gasteiger partial charge in [-0.25, -0.2) is 4.98 Å². The fourth-order valence-electron chi connectivity index (χ4n) is 1.71. The van der Waals surface area contributed by atoms with Gasteiger partial charge >= 0.3 is 5.97 Å². The summed E-state index contributed by atoms with van der Waals surface area (Å²) in [6, 6.07) is 0. The summed E-state index contributed by atoms with van der Waals surface area (Å²) in [4.78, 5) is 17.7. The van der Waals surface area contributed by atoms with Gasteiger partial charge in [-0.3, -0.25) is 4.79 Å². The van der Waals surface area contributed by atoms with Crippen molar-refractivity contribution < 1.29 is 9.53 Å². The molecule has 5 nitrogen and oxygen atoms in total. The molecule has 1 aliphatic rings. The van der Waals surface area contributed by atoms with E-state index in [9.17, 15) is 4.79 Å². The Balaban J connectivity index is 2.01. The first-order valence-electron chi connectivity index (χ1n) is 4.84. The molecule has 0 aromatic carbocycles. The number of hydrogen-bond donors (Lipinski definition) is 0. The van der Waals surface area contributed by atoms with Gasteiger partial charge in [0.2, 0.25) is 5.13 Å². The van der Waals surface area contributed by atoms with E-state index >= 15 is 0 Å². The van der Waals surface area contributed by atoms with Crippen LogP contribution in [0.4, 0.5) is 5.13 Å². The van der Waals surface area contributed by atoms with Crippen molar-refractivity contribution in [2.75, 3.05) is 25.1 Å². The van der Waals surface area contributed by atoms with Crippen LogP contribution in [0, 0.1) is 12.8 Å². The van der Waals surface area contributed by atoms with Crippen molar-refractivity contribution in [1.29, 1.82) is 0 Å². The van der Waals surface area contributed by atoms with Crippen molar-refractivity contribution in [3.8, 4) is 0 Å². The maximum Gasteiger partial charge on any atom is 0.310 e. The molecule has 82 valence electrons. The number of carbonyl (C=O) groups is 1. The lowest BCUT2D eigenvalue weighted by Crippen LogP contribution is -2.23. The molecule has 2 rings (SSSR count). The highest BCUT2D eigenvalue weighted by Crippen LogP contribution is 2.25. The van der Waals surface area contributed by atoms with Gasteiger partial charge in [-0.05, 0) is 13.3 Å². The Morgan fingerprint density at radius 1 is 1.67 bits per heavy atom. The van der Waals surface area contributed by atoms with E-state index in [1.165, 1.54) is 18.6 Å². The number of anilines is 1. The van der Waals surface area contributed by atoms with Crippen LogP contribution in [0.15, 0.2) is 0 Å². The summed E-state index contributed by atoms with van der Waals surface area (Å²) in [7, 11) is 1.43. The molecule has 6 heteroatoms. The predicted molar refractivity (Wildman–Crippen MR) is 57.0 cm³/mol. The summed E-state index contributed by atoms with van der Waals surface area (Å²) in [6.07, 6.45) is 0.839. The molecule has 1 saturated heterocycles. The van der Waals surface area contributed by atoms with Gasteiger partial charge in [0.15, 0.2) is 0 Å². The third-order valence-electron chi connectivity index (χ3n) is 2.51. The number of rotatable bonds is 2. The third kappa shape index (κ3) is 2.09. The summed E-state index contributed by atoms with van der Waals surface area (Å²) in [5, 5.41) is 0.902. The van der Waals surface area contributed by atoms with Crippen molar-refractivity contribution in [3.05, 3.63) is 5.82 Å². The third-order valence-corrected chi connectivity index (χ3v) is 3.38. The lowest BCUT2D eigenvalue weighted by atomic mass is 10.1. The van der Waals surface area contributed by atoms with E-state index < -0.39 is 0 Å². The molecule has 1 aromatic heterocycles. The lowest BCUT2D eigenvalue weighted by molar-refractivity contribution is -0.144. The first-order chi connectivity index (χ1) is 7.20. The second-order valence-electron chi connectivity index (χ2n) is 3.58. The highest BCUT2D eigenvalue weighted by molar-refractivity contribution is 7.09. The number of nitrogens with zero attached hydrogens (tertiary/aromatic N) is 3. The second-order valence-corrected chi connectivity index (χ2v) is 4.31. The summed E-state index contributed by atoms with van der Waals surface area (Å²) in [5.41, 5.74) is 0. The number of esters is 1. The monoisotopic (exact) mass is 227 g/mol. The summed E-state index contributed by atoms with van der Waals surface area (Å²) < 4.78 is 8.85. The lowest BCUT2D eigenvalue weighted by Gasteiger charge is -2.12. The van der Waals surface area contributed by atoms with Crippen LogP contribution in [0.5, 0.6) is 0 Å². The number of methoxy groups -OCH3 is 1. The maximum absolute atomic E-state index is 11.3. The Kier molecular flexibility index (Phi) is 2.86. The van der Waals surface area contributed by atoms with Gasteiger partial charge in [0, 0.05) is 24.6 Å². The second kappa shape index (κ2) is 4.14. The van der Waals surface area contributed by atoms with E-state index in [2.05, 4.69) is 14.3 Å². The first kappa shape index (κ1) is 10.4. The molecule has 0 saturated carbocycles. The Morgan fingerprint density at radius 2 is 2.47 bits per heavy atom. The summed E-state index contributed by atoms with van der Waals surface area (Å²) in [6.45, 7) is 3.42. The molecular weight excluding hydrogens is 214 g/mol. The van der Waals surface area contributed by atoms with Crippen LogP contribution in [0.1, 0.15) is 12.2 Å². The van der Waals surface area contributed by atoms with Crippen molar-refractivity contribution in [2.24, 2.45) is 5.92 Å². The normalized spacial score (nSPS) is 20.7. The van der Waals surface area contributed by atoms with Crippen LogP contribution < -0.4 is 4.90 Å². The molecule has 15 heavy (non-hydrogen) atoms. The maximum atomic E-state index is 11.3. The van der Waals surface area contributed by atoms with Gasteiger partial charge in [-0.2, -0.15) is 4.37 Å². The van der Waals surface area contributed by atoms with Crippen molar-refractivity contribution in [3.63, 3.8) is 0 Å². The van der Waals surface area contributed by atoms with Gasteiger partial charge in [0.25, 0.3) is 0 Å². The van der Waals surface area contributed by atoms with Crippen LogP contribution in [-0.2, 0) is 9.53 Å². The zero-order chi connectivity index (χ0) is 10.8. The van der Waals surface area contributed by atoms with Crippen molar-refractivity contribution >= 4 is 22.6 Å². The molecule has 0 N–H and O–H groups in total. The number of aromatic nitrogens is 2. The van der Waals surface area contributed by atoms with Crippen molar-refractivity contribution in [2.45, 2.75) is 13.3 Å². The molecule has 2 heterocycles. The molecular formula is C9H13N3O2S. The molecule has 0 bridgehead atoms. The fraction of sp³-hybridized carbons (Fsp3) is 0.667. The van der Waals surface area contributed by atoms with Gasteiger partial charge in [-0.15, -0.1) is 0 Å². The number of carbonyl (C=O) groups excluding carboxylic acids is 1. The van der Waals surface area contributed by atoms with E-state index in [4.69, 9.17) is 4.74 Å². The van der Waals surface area contributed by atoms with E-state index in [1.807, 2.05) is 6.92 Å².